The van der Waals surface area contributed by atoms with E-state index in [0.29, 0.717) is 0 Å². The molecule has 0 aromatic carbocycles. The predicted octanol–water partition coefficient (Wildman–Crippen LogP) is 5.28. The number of fused-ring (bicyclic) bond motifs is 1. The molecule has 1 unspecified atom stereocenters. The van der Waals surface area contributed by atoms with E-state index < -0.39 is 0 Å². The van der Waals surface area contributed by atoms with Gasteiger partial charge in [-0.05, 0) is 56.0 Å². The summed E-state index contributed by atoms with van der Waals surface area (Å²) in [4.78, 5) is 15.1. The van der Waals surface area contributed by atoms with E-state index in [2.05, 4.69) is 16.0 Å². The van der Waals surface area contributed by atoms with Crippen molar-refractivity contribution in [2.45, 2.75) is 32.4 Å². The lowest BCUT2D eigenvalue weighted by molar-refractivity contribution is -0.0383. The van der Waals surface area contributed by atoms with Gasteiger partial charge in [0.05, 0.1) is 17.6 Å². The Kier molecular flexibility index (Phi) is 4.58. The molecule has 4 aromatic rings. The van der Waals surface area contributed by atoms with Crippen LogP contribution in [-0.4, -0.2) is 31.3 Å². The molecule has 1 aliphatic rings. The quantitative estimate of drug-likeness (QED) is 0.429. The summed E-state index contributed by atoms with van der Waals surface area (Å²) in [6.07, 6.45) is 6.77. The van der Waals surface area contributed by atoms with Crippen LogP contribution < -0.4 is 0 Å². The molecule has 28 heavy (non-hydrogen) atoms. The zero-order valence-corrected chi connectivity index (χ0v) is 16.9. The van der Waals surface area contributed by atoms with Gasteiger partial charge in [0.1, 0.15) is 4.83 Å². The van der Waals surface area contributed by atoms with E-state index in [-0.39, 0.29) is 11.5 Å². The minimum Gasteiger partial charge on any atom is -0.356 e. The first kappa shape index (κ1) is 17.7. The van der Waals surface area contributed by atoms with Crippen molar-refractivity contribution < 1.29 is 4.74 Å². The normalized spacial score (nSPS) is 17.3. The van der Waals surface area contributed by atoms with Crippen molar-refractivity contribution in [2.24, 2.45) is 0 Å². The van der Waals surface area contributed by atoms with E-state index in [0.717, 1.165) is 63.6 Å². The second-order valence-corrected chi connectivity index (χ2v) is 8.22. The number of hydrogen-bond acceptors (Lipinski definition) is 6. The van der Waals surface area contributed by atoms with Gasteiger partial charge in [0.15, 0.2) is 6.23 Å². The van der Waals surface area contributed by atoms with Gasteiger partial charge in [0.2, 0.25) is 5.28 Å². The highest BCUT2D eigenvalue weighted by molar-refractivity contribution is 7.21. The molecule has 0 amide bonds. The zero-order valence-electron chi connectivity index (χ0n) is 15.3. The standard InChI is InChI=1S/C20H18ClN5OS/c1-12-5-4-6-15(24-12)18-14(11-23-26(18)17-7-2-3-8-27-17)16-9-13-10-22-20(21)25-19(13)28-16/h4-6,9-11,17H,2-3,7-8H2,1H3. The lowest BCUT2D eigenvalue weighted by Gasteiger charge is -2.24. The van der Waals surface area contributed by atoms with Crippen LogP contribution in [-0.2, 0) is 4.74 Å². The maximum Gasteiger partial charge on any atom is 0.223 e. The second kappa shape index (κ2) is 7.24. The first-order valence-electron chi connectivity index (χ1n) is 9.24. The molecule has 0 spiro atoms. The zero-order chi connectivity index (χ0) is 19.1. The van der Waals surface area contributed by atoms with Crippen LogP contribution in [0.2, 0.25) is 5.28 Å². The van der Waals surface area contributed by atoms with Crippen LogP contribution in [0.3, 0.4) is 0 Å². The molecule has 6 nitrogen and oxygen atoms in total. The van der Waals surface area contributed by atoms with E-state index in [4.69, 9.17) is 26.4 Å². The molecule has 0 N–H and O–H groups in total. The van der Waals surface area contributed by atoms with E-state index in [1.54, 1.807) is 17.5 Å². The third-order valence-electron chi connectivity index (χ3n) is 4.86. The summed E-state index contributed by atoms with van der Waals surface area (Å²) in [6.45, 7) is 2.76. The van der Waals surface area contributed by atoms with Crippen LogP contribution >= 0.6 is 22.9 Å². The predicted molar refractivity (Wildman–Crippen MR) is 110 cm³/mol. The first-order chi connectivity index (χ1) is 13.7. The Hall–Kier alpha value is -2.35. The van der Waals surface area contributed by atoms with Crippen molar-refractivity contribution in [1.82, 2.24) is 24.7 Å². The van der Waals surface area contributed by atoms with Crippen LogP contribution in [0.15, 0.2) is 36.7 Å². The van der Waals surface area contributed by atoms with Crippen molar-refractivity contribution >= 4 is 33.2 Å². The van der Waals surface area contributed by atoms with Gasteiger partial charge >= 0.3 is 0 Å². The van der Waals surface area contributed by atoms with Gasteiger partial charge in [-0.2, -0.15) is 5.10 Å². The van der Waals surface area contributed by atoms with Crippen LogP contribution in [0.5, 0.6) is 0 Å². The largest absolute Gasteiger partial charge is 0.356 e. The fourth-order valence-corrected chi connectivity index (χ4v) is 4.75. The fourth-order valence-electron chi connectivity index (χ4n) is 3.55. The van der Waals surface area contributed by atoms with Crippen LogP contribution in [0.25, 0.3) is 32.0 Å². The monoisotopic (exact) mass is 411 g/mol. The SMILES string of the molecule is Cc1cccc(-c2c(-c3cc4cnc(Cl)nc4s3)cnn2C2CCCCO2)n1. The molecule has 1 fully saturated rings. The van der Waals surface area contributed by atoms with E-state index in [9.17, 15) is 0 Å². The summed E-state index contributed by atoms with van der Waals surface area (Å²) >= 11 is 7.55. The van der Waals surface area contributed by atoms with Crippen molar-refractivity contribution in [3.63, 3.8) is 0 Å². The van der Waals surface area contributed by atoms with E-state index in [1.807, 2.05) is 36.0 Å². The highest BCUT2D eigenvalue weighted by Gasteiger charge is 2.25. The molecule has 4 aromatic heterocycles. The Morgan fingerprint density at radius 3 is 2.96 bits per heavy atom. The number of pyridine rings is 1. The third kappa shape index (κ3) is 3.19. The van der Waals surface area contributed by atoms with Crippen molar-refractivity contribution in [2.75, 3.05) is 6.61 Å². The van der Waals surface area contributed by atoms with Gasteiger partial charge < -0.3 is 4.74 Å². The van der Waals surface area contributed by atoms with Gasteiger partial charge in [-0.25, -0.2) is 14.6 Å². The smallest absolute Gasteiger partial charge is 0.223 e. The van der Waals surface area contributed by atoms with E-state index >= 15 is 0 Å². The average Bonchev–Trinajstić information content (AvgIpc) is 3.32. The van der Waals surface area contributed by atoms with Gasteiger partial charge in [-0.15, -0.1) is 11.3 Å². The van der Waals surface area contributed by atoms with Crippen LogP contribution in [0.4, 0.5) is 0 Å². The summed E-state index contributed by atoms with van der Waals surface area (Å²) in [5.74, 6) is 0. The van der Waals surface area contributed by atoms with Crippen molar-refractivity contribution in [1.29, 1.82) is 0 Å². The number of hydrogen-bond donors (Lipinski definition) is 0. The summed E-state index contributed by atoms with van der Waals surface area (Å²) in [7, 11) is 0. The molecule has 1 atom stereocenters. The number of aromatic nitrogens is 5. The first-order valence-corrected chi connectivity index (χ1v) is 10.4. The summed E-state index contributed by atoms with van der Waals surface area (Å²) < 4.78 is 8.00. The Morgan fingerprint density at radius 1 is 1.21 bits per heavy atom. The molecule has 8 heteroatoms. The number of nitrogens with zero attached hydrogens (tertiary/aromatic N) is 5. The highest BCUT2D eigenvalue weighted by atomic mass is 35.5. The molecule has 0 bridgehead atoms. The van der Waals surface area contributed by atoms with Crippen LogP contribution in [0.1, 0.15) is 31.2 Å². The number of thiophene rings is 1. The topological polar surface area (TPSA) is 65.7 Å². The minimum absolute atomic E-state index is 0.0663. The Bertz CT molecular complexity index is 1150. The van der Waals surface area contributed by atoms with Crippen molar-refractivity contribution in [3.8, 4) is 21.8 Å². The summed E-state index contributed by atoms with van der Waals surface area (Å²) in [5.41, 5.74) is 3.85. The Morgan fingerprint density at radius 2 is 2.14 bits per heavy atom. The number of halogens is 1. The fraction of sp³-hybridized carbons (Fsp3) is 0.300. The lowest BCUT2D eigenvalue weighted by Crippen LogP contribution is -2.20. The molecule has 1 aliphatic heterocycles. The molecule has 1 saturated heterocycles. The van der Waals surface area contributed by atoms with Gasteiger partial charge in [0.25, 0.3) is 0 Å². The molecule has 0 saturated carbocycles. The van der Waals surface area contributed by atoms with Crippen molar-refractivity contribution in [3.05, 3.63) is 47.6 Å². The number of aryl methyl sites for hydroxylation is 1. The molecule has 5 heterocycles. The molecular formula is C20H18ClN5OS. The second-order valence-electron chi connectivity index (χ2n) is 6.85. The highest BCUT2D eigenvalue weighted by Crippen LogP contribution is 2.40. The maximum atomic E-state index is 6.02. The number of ether oxygens (including phenoxy) is 1. The summed E-state index contributed by atoms with van der Waals surface area (Å²) in [5, 5.41) is 5.93. The molecule has 142 valence electrons. The molecule has 0 radical (unpaired) electrons. The Labute approximate surface area is 171 Å². The number of rotatable bonds is 3. The minimum atomic E-state index is -0.0663. The molecule has 0 aliphatic carbocycles. The van der Waals surface area contributed by atoms with Crippen LogP contribution in [0, 0.1) is 6.92 Å². The molecular weight excluding hydrogens is 394 g/mol. The third-order valence-corrected chi connectivity index (χ3v) is 6.12. The lowest BCUT2D eigenvalue weighted by atomic mass is 10.1. The van der Waals surface area contributed by atoms with Gasteiger partial charge in [0, 0.05) is 34.3 Å². The molecule has 5 rings (SSSR count). The average molecular weight is 412 g/mol. The van der Waals surface area contributed by atoms with Gasteiger partial charge in [-0.1, -0.05) is 6.07 Å². The van der Waals surface area contributed by atoms with Gasteiger partial charge in [-0.3, -0.25) is 4.98 Å². The maximum absolute atomic E-state index is 6.02. The van der Waals surface area contributed by atoms with E-state index in [1.165, 1.54) is 0 Å². The summed E-state index contributed by atoms with van der Waals surface area (Å²) in [6, 6.07) is 8.13. The Balaban J connectivity index is 1.69.